The molecule has 0 atom stereocenters. The van der Waals surface area contributed by atoms with Crippen molar-refractivity contribution in [3.8, 4) is 0 Å². The zero-order chi connectivity index (χ0) is 12.5. The molecule has 0 heterocycles. The van der Waals surface area contributed by atoms with Crippen LogP contribution in [0, 0.1) is 0 Å². The summed E-state index contributed by atoms with van der Waals surface area (Å²) in [6.45, 7) is 1.03. The molecule has 0 rings (SSSR count). The highest BCUT2D eigenvalue weighted by Gasteiger charge is 2.75. The number of allylic oxidation sites excluding steroid dienone is 2. The first kappa shape index (κ1) is 13.9. The van der Waals surface area contributed by atoms with Crippen LogP contribution in [0.15, 0.2) is 12.2 Å². The summed E-state index contributed by atoms with van der Waals surface area (Å²) in [6, 6.07) is 0. The van der Waals surface area contributed by atoms with Crippen molar-refractivity contribution < 1.29 is 35.5 Å². The van der Waals surface area contributed by atoms with Crippen LogP contribution in [0.4, 0.5) is 30.7 Å². The van der Waals surface area contributed by atoms with E-state index in [-0.39, 0.29) is 6.08 Å². The predicted molar refractivity (Wildman–Crippen MR) is 35.8 cm³/mol. The molecular formula is C7H5F7O. The summed E-state index contributed by atoms with van der Waals surface area (Å²) in [5, 5.41) is 0. The Morgan fingerprint density at radius 1 is 1.00 bits per heavy atom. The van der Waals surface area contributed by atoms with Crippen LogP contribution in [0.2, 0.25) is 0 Å². The number of carbonyl (C=O) groups is 1. The maximum atomic E-state index is 12.4. The van der Waals surface area contributed by atoms with Crippen molar-refractivity contribution >= 4 is 5.78 Å². The Morgan fingerprint density at radius 3 is 1.67 bits per heavy atom. The van der Waals surface area contributed by atoms with Gasteiger partial charge in [-0.05, 0) is 13.0 Å². The minimum atomic E-state index is -6.48. The van der Waals surface area contributed by atoms with Crippen LogP contribution >= 0.6 is 0 Å². The number of ketones is 1. The molecule has 0 aliphatic carbocycles. The van der Waals surface area contributed by atoms with Crippen LogP contribution in [0.25, 0.3) is 0 Å². The molecule has 0 unspecified atom stereocenters. The molecule has 8 heteroatoms. The molecule has 0 aliphatic heterocycles. The molecule has 0 aromatic heterocycles. The second-order valence-corrected chi connectivity index (χ2v) is 2.51. The van der Waals surface area contributed by atoms with Gasteiger partial charge >= 0.3 is 18.0 Å². The molecule has 0 amide bonds. The van der Waals surface area contributed by atoms with Crippen molar-refractivity contribution in [1.82, 2.24) is 0 Å². The second kappa shape index (κ2) is 3.82. The lowest BCUT2D eigenvalue weighted by atomic mass is 10.1. The van der Waals surface area contributed by atoms with E-state index < -0.39 is 23.8 Å². The van der Waals surface area contributed by atoms with E-state index in [9.17, 15) is 35.5 Å². The van der Waals surface area contributed by atoms with Crippen LogP contribution in [0.5, 0.6) is 0 Å². The van der Waals surface area contributed by atoms with Crippen LogP contribution in [0.3, 0.4) is 0 Å². The highest BCUT2D eigenvalue weighted by molar-refractivity contribution is 5.96. The third-order valence-corrected chi connectivity index (χ3v) is 1.38. The highest BCUT2D eigenvalue weighted by Crippen LogP contribution is 2.46. The lowest BCUT2D eigenvalue weighted by molar-refractivity contribution is -0.342. The molecule has 0 fully saturated rings. The van der Waals surface area contributed by atoms with Crippen molar-refractivity contribution in [3.63, 3.8) is 0 Å². The molecule has 0 spiro atoms. The fourth-order valence-electron chi connectivity index (χ4n) is 0.589. The third kappa shape index (κ3) is 2.29. The normalized spacial score (nSPS) is 14.7. The molecule has 0 saturated heterocycles. The molecule has 1 nitrogen and oxygen atoms in total. The number of halogens is 7. The Morgan fingerprint density at radius 2 is 1.40 bits per heavy atom. The third-order valence-electron chi connectivity index (χ3n) is 1.38. The Kier molecular flexibility index (Phi) is 3.55. The summed E-state index contributed by atoms with van der Waals surface area (Å²) >= 11 is 0. The molecule has 0 aromatic carbocycles. The average molecular weight is 238 g/mol. The quantitative estimate of drug-likeness (QED) is 0.545. The van der Waals surface area contributed by atoms with Gasteiger partial charge in [-0.25, -0.2) is 0 Å². The van der Waals surface area contributed by atoms with Gasteiger partial charge in [-0.3, -0.25) is 4.79 Å². The van der Waals surface area contributed by atoms with E-state index in [4.69, 9.17) is 0 Å². The van der Waals surface area contributed by atoms with Gasteiger partial charge < -0.3 is 0 Å². The molecule has 0 N–H and O–H groups in total. The summed E-state index contributed by atoms with van der Waals surface area (Å²) in [7, 11) is 0. The topological polar surface area (TPSA) is 17.1 Å². The van der Waals surface area contributed by atoms with Crippen molar-refractivity contribution in [2.24, 2.45) is 0 Å². The number of carbonyl (C=O) groups excluding carboxylic acids is 1. The Hall–Kier alpha value is -1.08. The Labute approximate surface area is 79.6 Å². The molecule has 15 heavy (non-hydrogen) atoms. The maximum Gasteiger partial charge on any atom is 0.460 e. The smallest absolute Gasteiger partial charge is 0.288 e. The van der Waals surface area contributed by atoms with E-state index in [0.29, 0.717) is 6.08 Å². The predicted octanol–water partition coefficient (Wildman–Crippen LogP) is 2.96. The number of hydrogen-bond donors (Lipinski definition) is 0. The molecule has 0 aliphatic rings. The second-order valence-electron chi connectivity index (χ2n) is 2.51. The molecule has 0 aromatic rings. The van der Waals surface area contributed by atoms with Gasteiger partial charge in [0, 0.05) is 0 Å². The lowest BCUT2D eigenvalue weighted by Crippen LogP contribution is -2.55. The van der Waals surface area contributed by atoms with Gasteiger partial charge in [-0.2, -0.15) is 30.7 Å². The van der Waals surface area contributed by atoms with Crippen LogP contribution in [0.1, 0.15) is 6.92 Å². The minimum absolute atomic E-state index is 0.0420. The minimum Gasteiger partial charge on any atom is -0.288 e. The molecule has 0 radical (unpaired) electrons. The number of alkyl halides is 7. The molecular weight excluding hydrogens is 233 g/mol. The van der Waals surface area contributed by atoms with E-state index in [2.05, 4.69) is 0 Å². The summed E-state index contributed by atoms with van der Waals surface area (Å²) < 4.78 is 83.7. The van der Waals surface area contributed by atoms with E-state index in [1.165, 1.54) is 0 Å². The molecule has 0 bridgehead atoms. The fraction of sp³-hybridized carbons (Fsp3) is 0.571. The first-order chi connectivity index (χ1) is 6.48. The monoisotopic (exact) mass is 238 g/mol. The van der Waals surface area contributed by atoms with Gasteiger partial charge in [-0.15, -0.1) is 0 Å². The number of hydrogen-bond acceptors (Lipinski definition) is 1. The fourth-order valence-corrected chi connectivity index (χ4v) is 0.589. The maximum absolute atomic E-state index is 12.4. The van der Waals surface area contributed by atoms with Crippen molar-refractivity contribution in [2.75, 3.05) is 0 Å². The van der Waals surface area contributed by atoms with Gasteiger partial charge in [0.2, 0.25) is 5.78 Å². The van der Waals surface area contributed by atoms with Gasteiger partial charge in [0.25, 0.3) is 0 Å². The van der Waals surface area contributed by atoms with E-state index in [1.807, 2.05) is 0 Å². The Balaban J connectivity index is 5.28. The summed E-state index contributed by atoms with van der Waals surface area (Å²) in [6.07, 6.45) is -5.88. The van der Waals surface area contributed by atoms with Crippen molar-refractivity contribution in [2.45, 2.75) is 24.9 Å². The van der Waals surface area contributed by atoms with Crippen LogP contribution in [-0.4, -0.2) is 23.8 Å². The van der Waals surface area contributed by atoms with Gasteiger partial charge in [0.05, 0.1) is 0 Å². The first-order valence-corrected chi connectivity index (χ1v) is 3.48. The standard InChI is InChI=1S/C7H5F7O/c1-2-3-4(15)5(8,9)6(10,11)7(12,13)14/h2-3H,1H3. The van der Waals surface area contributed by atoms with E-state index in [1.54, 1.807) is 0 Å². The van der Waals surface area contributed by atoms with Gasteiger partial charge in [0.1, 0.15) is 0 Å². The van der Waals surface area contributed by atoms with Gasteiger partial charge in [-0.1, -0.05) is 6.08 Å². The van der Waals surface area contributed by atoms with Crippen LogP contribution in [-0.2, 0) is 4.79 Å². The highest BCUT2D eigenvalue weighted by atomic mass is 19.4. The zero-order valence-corrected chi connectivity index (χ0v) is 7.21. The van der Waals surface area contributed by atoms with Crippen molar-refractivity contribution in [3.05, 3.63) is 12.2 Å². The summed E-state index contributed by atoms with van der Waals surface area (Å²) in [4.78, 5) is 10.3. The van der Waals surface area contributed by atoms with E-state index >= 15 is 0 Å². The Bertz CT molecular complexity index is 276. The lowest BCUT2D eigenvalue weighted by Gasteiger charge is -2.25. The SMILES string of the molecule is CC=CC(=O)C(F)(F)C(F)(F)C(F)(F)F. The number of rotatable bonds is 3. The molecule has 0 saturated carbocycles. The van der Waals surface area contributed by atoms with Crippen LogP contribution < -0.4 is 0 Å². The zero-order valence-electron chi connectivity index (χ0n) is 7.21. The average Bonchev–Trinajstić information content (AvgIpc) is 2.02. The molecule has 88 valence electrons. The summed E-state index contributed by atoms with van der Waals surface area (Å²) in [5.41, 5.74) is 0. The largest absolute Gasteiger partial charge is 0.460 e. The van der Waals surface area contributed by atoms with E-state index in [0.717, 1.165) is 6.92 Å². The summed E-state index contributed by atoms with van der Waals surface area (Å²) in [5.74, 6) is -14.8. The van der Waals surface area contributed by atoms with Gasteiger partial charge in [0.15, 0.2) is 0 Å². The first-order valence-electron chi connectivity index (χ1n) is 3.48. The van der Waals surface area contributed by atoms with Crippen molar-refractivity contribution in [1.29, 1.82) is 0 Å².